The molecule has 29 heavy (non-hydrogen) atoms. The average molecular weight is 403 g/mol. The third-order valence-electron chi connectivity index (χ3n) is 4.96. The van der Waals surface area contributed by atoms with Crippen molar-refractivity contribution in [3.05, 3.63) is 41.7 Å². The molecule has 158 valence electrons. The second kappa shape index (κ2) is 10.8. The summed E-state index contributed by atoms with van der Waals surface area (Å²) in [5.41, 5.74) is 0. The number of aryl methyl sites for hydroxylation is 1. The van der Waals surface area contributed by atoms with E-state index in [-0.39, 0.29) is 11.9 Å². The number of nitrogens with one attached hydrogen (secondary N) is 2. The van der Waals surface area contributed by atoms with Crippen molar-refractivity contribution < 1.29 is 9.13 Å². The molecule has 2 heterocycles. The number of hydrogen-bond acceptors (Lipinski definition) is 4. The summed E-state index contributed by atoms with van der Waals surface area (Å²) in [4.78, 5) is 4.68. The van der Waals surface area contributed by atoms with Crippen molar-refractivity contribution in [2.24, 2.45) is 4.99 Å². The number of fused-ring (bicyclic) bond motifs is 1. The topological polar surface area (TPSA) is 76.4 Å². The maximum Gasteiger partial charge on any atom is 0.191 e. The molecule has 7 nitrogen and oxygen atoms in total. The molecule has 1 aliphatic rings. The molecule has 1 aromatic carbocycles. The van der Waals surface area contributed by atoms with Crippen molar-refractivity contribution in [3.8, 4) is 5.75 Å². The number of ether oxygens (including phenoxy) is 1. The number of guanidine groups is 1. The molecule has 0 fully saturated rings. The van der Waals surface area contributed by atoms with E-state index in [9.17, 15) is 4.39 Å². The standard InChI is InChI=1S/C21H31FN6O/c1-3-17(29-18-10-8-9-16(22)13-18)14-24-21(23-4-2)25-15-20-27-26-19-11-6-5-7-12-28(19)20/h8-10,13,17H,3-7,11-12,14-15H2,1-2H3,(H2,23,24,25). The summed E-state index contributed by atoms with van der Waals surface area (Å²) in [5, 5.41) is 15.3. The molecule has 1 unspecified atom stereocenters. The SMILES string of the molecule is CCNC(=NCc1nnc2n1CCCCC2)NCC(CC)Oc1cccc(F)c1. The molecule has 2 aromatic rings. The van der Waals surface area contributed by atoms with Crippen LogP contribution in [0.25, 0.3) is 0 Å². The third kappa shape index (κ3) is 6.17. The van der Waals surface area contributed by atoms with Crippen LogP contribution in [0.4, 0.5) is 4.39 Å². The third-order valence-corrected chi connectivity index (χ3v) is 4.96. The summed E-state index contributed by atoms with van der Waals surface area (Å²) in [6, 6.07) is 6.23. The molecule has 0 amide bonds. The number of halogens is 1. The van der Waals surface area contributed by atoms with Crippen molar-refractivity contribution >= 4 is 5.96 Å². The van der Waals surface area contributed by atoms with Crippen LogP contribution in [0.3, 0.4) is 0 Å². The summed E-state index contributed by atoms with van der Waals surface area (Å²) in [6.07, 6.45) is 5.26. The minimum atomic E-state index is -0.298. The molecular weight excluding hydrogens is 371 g/mol. The Hall–Kier alpha value is -2.64. The minimum absolute atomic E-state index is 0.0926. The highest BCUT2D eigenvalue weighted by Crippen LogP contribution is 2.16. The van der Waals surface area contributed by atoms with Gasteiger partial charge in [-0.05, 0) is 38.3 Å². The van der Waals surface area contributed by atoms with Gasteiger partial charge in [-0.25, -0.2) is 9.38 Å². The molecule has 3 rings (SSSR count). The van der Waals surface area contributed by atoms with Crippen LogP contribution in [-0.4, -0.2) is 39.9 Å². The Kier molecular flexibility index (Phi) is 7.84. The van der Waals surface area contributed by atoms with Gasteiger partial charge in [-0.2, -0.15) is 0 Å². The first-order chi connectivity index (χ1) is 14.2. The predicted octanol–water partition coefficient (Wildman–Crippen LogP) is 3.06. The Morgan fingerprint density at radius 3 is 2.93 bits per heavy atom. The molecule has 0 saturated heterocycles. The van der Waals surface area contributed by atoms with E-state index in [0.29, 0.717) is 24.8 Å². The fraction of sp³-hybridized carbons (Fsp3) is 0.571. The lowest BCUT2D eigenvalue weighted by molar-refractivity contribution is 0.198. The molecule has 1 atom stereocenters. The smallest absolute Gasteiger partial charge is 0.191 e. The van der Waals surface area contributed by atoms with E-state index in [4.69, 9.17) is 4.74 Å². The largest absolute Gasteiger partial charge is 0.489 e. The van der Waals surface area contributed by atoms with E-state index in [1.165, 1.54) is 25.0 Å². The summed E-state index contributed by atoms with van der Waals surface area (Å²) in [5.74, 6) is 2.92. The van der Waals surface area contributed by atoms with Crippen LogP contribution in [0.5, 0.6) is 5.75 Å². The Morgan fingerprint density at radius 1 is 1.24 bits per heavy atom. The first kappa shape index (κ1) is 21.1. The van der Waals surface area contributed by atoms with Gasteiger partial charge in [0, 0.05) is 25.6 Å². The van der Waals surface area contributed by atoms with Gasteiger partial charge in [-0.15, -0.1) is 10.2 Å². The molecule has 1 aromatic heterocycles. The molecule has 0 saturated carbocycles. The number of aliphatic imine (C=N–C) groups is 1. The summed E-state index contributed by atoms with van der Waals surface area (Å²) < 4.78 is 21.5. The van der Waals surface area contributed by atoms with Crippen molar-refractivity contribution in [1.82, 2.24) is 25.4 Å². The quantitative estimate of drug-likeness (QED) is 0.524. The van der Waals surface area contributed by atoms with Crippen molar-refractivity contribution in [1.29, 1.82) is 0 Å². The number of benzene rings is 1. The van der Waals surface area contributed by atoms with Gasteiger partial charge in [0.1, 0.15) is 30.0 Å². The van der Waals surface area contributed by atoms with Crippen LogP contribution >= 0.6 is 0 Å². The van der Waals surface area contributed by atoms with Gasteiger partial charge in [-0.1, -0.05) is 19.4 Å². The van der Waals surface area contributed by atoms with Gasteiger partial charge in [-0.3, -0.25) is 0 Å². The van der Waals surface area contributed by atoms with E-state index in [1.54, 1.807) is 12.1 Å². The van der Waals surface area contributed by atoms with Crippen molar-refractivity contribution in [2.45, 2.75) is 65.1 Å². The van der Waals surface area contributed by atoms with Crippen molar-refractivity contribution in [3.63, 3.8) is 0 Å². The first-order valence-corrected chi connectivity index (χ1v) is 10.5. The second-order valence-electron chi connectivity index (χ2n) is 7.18. The van der Waals surface area contributed by atoms with Gasteiger partial charge < -0.3 is 19.9 Å². The van der Waals surface area contributed by atoms with Gasteiger partial charge in [0.15, 0.2) is 11.8 Å². The Balaban J connectivity index is 1.59. The lowest BCUT2D eigenvalue weighted by Crippen LogP contribution is -2.42. The summed E-state index contributed by atoms with van der Waals surface area (Å²) in [7, 11) is 0. The highest BCUT2D eigenvalue weighted by Gasteiger charge is 2.15. The van der Waals surface area contributed by atoms with Gasteiger partial charge in [0.05, 0.1) is 6.54 Å². The van der Waals surface area contributed by atoms with Crippen LogP contribution in [0.1, 0.15) is 51.2 Å². The molecule has 0 radical (unpaired) electrons. The van der Waals surface area contributed by atoms with Crippen LogP contribution in [0.2, 0.25) is 0 Å². The number of aromatic nitrogens is 3. The minimum Gasteiger partial charge on any atom is -0.489 e. The van der Waals surface area contributed by atoms with Crippen LogP contribution in [0.15, 0.2) is 29.3 Å². The van der Waals surface area contributed by atoms with E-state index in [0.717, 1.165) is 44.0 Å². The molecule has 8 heteroatoms. The lowest BCUT2D eigenvalue weighted by atomic mass is 10.2. The zero-order valence-electron chi connectivity index (χ0n) is 17.3. The molecule has 1 aliphatic heterocycles. The lowest BCUT2D eigenvalue weighted by Gasteiger charge is -2.20. The predicted molar refractivity (Wildman–Crippen MR) is 112 cm³/mol. The van der Waals surface area contributed by atoms with Gasteiger partial charge >= 0.3 is 0 Å². The summed E-state index contributed by atoms with van der Waals surface area (Å²) in [6.45, 7) is 6.84. The van der Waals surface area contributed by atoms with Gasteiger partial charge in [0.2, 0.25) is 0 Å². The van der Waals surface area contributed by atoms with E-state index >= 15 is 0 Å². The maximum absolute atomic E-state index is 13.4. The Bertz CT molecular complexity index is 806. The fourth-order valence-electron chi connectivity index (χ4n) is 3.37. The van der Waals surface area contributed by atoms with Crippen LogP contribution < -0.4 is 15.4 Å². The van der Waals surface area contributed by atoms with Crippen molar-refractivity contribution in [2.75, 3.05) is 13.1 Å². The highest BCUT2D eigenvalue weighted by atomic mass is 19.1. The number of nitrogens with zero attached hydrogens (tertiary/aromatic N) is 4. The zero-order chi connectivity index (χ0) is 20.5. The number of hydrogen-bond donors (Lipinski definition) is 2. The van der Waals surface area contributed by atoms with Crippen LogP contribution in [0, 0.1) is 5.82 Å². The molecule has 0 bridgehead atoms. The molecule has 0 aliphatic carbocycles. The fourth-order valence-corrected chi connectivity index (χ4v) is 3.37. The summed E-state index contributed by atoms with van der Waals surface area (Å²) >= 11 is 0. The normalized spacial score (nSPS) is 15.3. The maximum atomic E-state index is 13.4. The Labute approximate surface area is 171 Å². The van der Waals surface area contributed by atoms with Gasteiger partial charge in [0.25, 0.3) is 0 Å². The first-order valence-electron chi connectivity index (χ1n) is 10.5. The van der Waals surface area contributed by atoms with E-state index < -0.39 is 0 Å². The molecular formula is C21H31FN6O. The Morgan fingerprint density at radius 2 is 2.14 bits per heavy atom. The monoisotopic (exact) mass is 402 g/mol. The average Bonchev–Trinajstić information content (AvgIpc) is 2.95. The highest BCUT2D eigenvalue weighted by molar-refractivity contribution is 5.79. The van der Waals surface area contributed by atoms with E-state index in [1.807, 2.05) is 13.8 Å². The molecule has 2 N–H and O–H groups in total. The molecule has 0 spiro atoms. The number of rotatable bonds is 8. The van der Waals surface area contributed by atoms with Crippen LogP contribution in [-0.2, 0) is 19.5 Å². The van der Waals surface area contributed by atoms with E-state index in [2.05, 4.69) is 30.4 Å². The zero-order valence-corrected chi connectivity index (χ0v) is 17.3. The second-order valence-corrected chi connectivity index (χ2v) is 7.18.